The molecule has 0 heterocycles. The van der Waals surface area contributed by atoms with Gasteiger partial charge in [-0.25, -0.2) is 8.42 Å². The molecule has 0 atom stereocenters. The molecule has 5 heteroatoms. The molecule has 0 aromatic rings. The van der Waals surface area contributed by atoms with Crippen molar-refractivity contribution in [3.63, 3.8) is 0 Å². The van der Waals surface area contributed by atoms with E-state index in [1.165, 1.54) is 12.8 Å². The van der Waals surface area contributed by atoms with E-state index in [2.05, 4.69) is 13.8 Å². The second-order valence-corrected chi connectivity index (χ2v) is 8.52. The molecule has 0 spiro atoms. The van der Waals surface area contributed by atoms with Gasteiger partial charge in [-0.2, -0.15) is 4.31 Å². The third-order valence-corrected chi connectivity index (χ3v) is 6.59. The van der Waals surface area contributed by atoms with Crippen LogP contribution in [0.3, 0.4) is 0 Å². The number of hydrogen-bond donors (Lipinski definition) is 1. The summed E-state index contributed by atoms with van der Waals surface area (Å²) in [6.07, 6.45) is 7.13. The van der Waals surface area contributed by atoms with Gasteiger partial charge < -0.3 is 5.73 Å². The Balaban J connectivity index is 2.95. The Bertz CT molecular complexity index is 371. The second kappa shape index (κ2) is 7.76. The Morgan fingerprint density at radius 2 is 1.70 bits per heavy atom. The first-order chi connectivity index (χ1) is 9.38. The highest BCUT2D eigenvalue weighted by molar-refractivity contribution is 7.89. The fraction of sp³-hybridized carbons (Fsp3) is 1.00. The largest absolute Gasteiger partial charge is 0.329 e. The molecule has 0 saturated heterocycles. The highest BCUT2D eigenvalue weighted by Gasteiger charge is 2.41. The SMILES string of the molecule is CCN(C1(CN)CCCCCC1)S(=O)(=O)CCC(C)C. The smallest absolute Gasteiger partial charge is 0.214 e. The summed E-state index contributed by atoms with van der Waals surface area (Å²) >= 11 is 0. The minimum atomic E-state index is -3.20. The van der Waals surface area contributed by atoms with Crippen molar-refractivity contribution < 1.29 is 8.42 Å². The van der Waals surface area contributed by atoms with Gasteiger partial charge >= 0.3 is 0 Å². The van der Waals surface area contributed by atoms with Gasteiger partial charge in [0, 0.05) is 18.6 Å². The van der Waals surface area contributed by atoms with E-state index < -0.39 is 10.0 Å². The topological polar surface area (TPSA) is 63.4 Å². The number of hydrogen-bond acceptors (Lipinski definition) is 3. The summed E-state index contributed by atoms with van der Waals surface area (Å²) in [5.74, 6) is 0.659. The van der Waals surface area contributed by atoms with Crippen molar-refractivity contribution in [2.75, 3.05) is 18.8 Å². The Morgan fingerprint density at radius 3 is 2.10 bits per heavy atom. The molecular weight excluding hydrogens is 272 g/mol. The maximum Gasteiger partial charge on any atom is 0.214 e. The molecule has 0 aromatic heterocycles. The molecule has 1 rings (SSSR count). The van der Waals surface area contributed by atoms with Gasteiger partial charge in [-0.3, -0.25) is 0 Å². The lowest BCUT2D eigenvalue weighted by molar-refractivity contribution is 0.173. The Labute approximate surface area is 125 Å². The third kappa shape index (κ3) is 4.43. The highest BCUT2D eigenvalue weighted by atomic mass is 32.2. The van der Waals surface area contributed by atoms with E-state index in [-0.39, 0.29) is 11.3 Å². The van der Waals surface area contributed by atoms with Crippen molar-refractivity contribution in [3.05, 3.63) is 0 Å². The zero-order valence-electron chi connectivity index (χ0n) is 13.4. The van der Waals surface area contributed by atoms with E-state index in [1.807, 2.05) is 6.92 Å². The highest BCUT2D eigenvalue weighted by Crippen LogP contribution is 2.34. The molecule has 4 nitrogen and oxygen atoms in total. The summed E-state index contributed by atoms with van der Waals surface area (Å²) < 4.78 is 27.2. The second-order valence-electron chi connectivity index (χ2n) is 6.51. The number of sulfonamides is 1. The lowest BCUT2D eigenvalue weighted by Gasteiger charge is -2.41. The van der Waals surface area contributed by atoms with Crippen LogP contribution in [0, 0.1) is 5.92 Å². The van der Waals surface area contributed by atoms with Crippen LogP contribution in [0.2, 0.25) is 0 Å². The predicted molar refractivity (Wildman–Crippen MR) is 85.1 cm³/mol. The van der Waals surface area contributed by atoms with Gasteiger partial charge in [0.15, 0.2) is 0 Å². The molecule has 0 aromatic carbocycles. The third-order valence-electron chi connectivity index (χ3n) is 4.52. The van der Waals surface area contributed by atoms with Crippen molar-refractivity contribution >= 4 is 10.0 Å². The quantitative estimate of drug-likeness (QED) is 0.736. The first-order valence-electron chi connectivity index (χ1n) is 8.08. The molecule has 0 amide bonds. The van der Waals surface area contributed by atoms with E-state index >= 15 is 0 Å². The summed E-state index contributed by atoms with van der Waals surface area (Å²) in [6.45, 7) is 7.06. The molecule has 0 radical (unpaired) electrons. The normalized spacial score (nSPS) is 20.3. The summed E-state index contributed by atoms with van der Waals surface area (Å²) in [6, 6.07) is 0. The molecular formula is C15H32N2O2S. The number of nitrogens with zero attached hydrogens (tertiary/aromatic N) is 1. The average Bonchev–Trinajstić information content (AvgIpc) is 2.63. The van der Waals surface area contributed by atoms with Gasteiger partial charge in [0.05, 0.1) is 5.75 Å². The van der Waals surface area contributed by atoms with Crippen LogP contribution >= 0.6 is 0 Å². The Hall–Kier alpha value is -0.130. The van der Waals surface area contributed by atoms with Crippen molar-refractivity contribution in [3.8, 4) is 0 Å². The minimum Gasteiger partial charge on any atom is -0.329 e. The molecule has 0 bridgehead atoms. The van der Waals surface area contributed by atoms with E-state index in [0.717, 1.165) is 32.1 Å². The Morgan fingerprint density at radius 1 is 1.15 bits per heavy atom. The average molecular weight is 305 g/mol. The van der Waals surface area contributed by atoms with E-state index in [9.17, 15) is 8.42 Å². The standard InChI is InChI=1S/C15H32N2O2S/c1-4-17(20(18,19)12-9-14(2)3)15(13-16)10-7-5-6-8-11-15/h14H,4-13,16H2,1-3H3. The van der Waals surface area contributed by atoms with Crippen LogP contribution in [-0.4, -0.2) is 37.1 Å². The van der Waals surface area contributed by atoms with Gasteiger partial charge in [0.25, 0.3) is 0 Å². The van der Waals surface area contributed by atoms with Gasteiger partial charge in [0.1, 0.15) is 0 Å². The zero-order valence-corrected chi connectivity index (χ0v) is 14.2. The van der Waals surface area contributed by atoms with Crippen LogP contribution in [0.15, 0.2) is 0 Å². The summed E-state index contributed by atoms with van der Waals surface area (Å²) in [7, 11) is -3.20. The van der Waals surface area contributed by atoms with Crippen LogP contribution in [0.25, 0.3) is 0 Å². The lowest BCUT2D eigenvalue weighted by Crippen LogP contribution is -2.56. The molecule has 2 N–H and O–H groups in total. The fourth-order valence-corrected chi connectivity index (χ4v) is 5.49. The van der Waals surface area contributed by atoms with Gasteiger partial charge in [-0.1, -0.05) is 46.5 Å². The monoisotopic (exact) mass is 304 g/mol. The van der Waals surface area contributed by atoms with Crippen LogP contribution in [0.1, 0.15) is 65.7 Å². The molecule has 1 fully saturated rings. The van der Waals surface area contributed by atoms with Crippen molar-refractivity contribution in [1.29, 1.82) is 0 Å². The first kappa shape index (κ1) is 17.9. The van der Waals surface area contributed by atoms with Gasteiger partial charge in [0.2, 0.25) is 10.0 Å². The van der Waals surface area contributed by atoms with E-state index in [1.54, 1.807) is 4.31 Å². The zero-order chi connectivity index (χ0) is 15.2. The summed E-state index contributed by atoms with van der Waals surface area (Å²) in [5.41, 5.74) is 5.70. The van der Waals surface area contributed by atoms with Crippen molar-refractivity contribution in [2.24, 2.45) is 11.7 Å². The lowest BCUT2D eigenvalue weighted by atomic mass is 9.90. The van der Waals surface area contributed by atoms with Gasteiger partial charge in [-0.15, -0.1) is 0 Å². The Kier molecular flexibility index (Phi) is 6.95. The molecule has 0 unspecified atom stereocenters. The molecule has 1 saturated carbocycles. The minimum absolute atomic E-state index is 0.250. The first-order valence-corrected chi connectivity index (χ1v) is 9.69. The molecule has 0 aliphatic heterocycles. The maximum atomic E-state index is 12.7. The number of likely N-dealkylation sites (N-methyl/N-ethyl adjacent to an activating group) is 1. The molecule has 1 aliphatic rings. The summed E-state index contributed by atoms with van der Waals surface area (Å²) in [4.78, 5) is 0. The van der Waals surface area contributed by atoms with Crippen LogP contribution < -0.4 is 5.73 Å². The maximum absolute atomic E-state index is 12.7. The summed E-state index contributed by atoms with van der Waals surface area (Å²) in [5, 5.41) is 0. The van der Waals surface area contributed by atoms with Crippen LogP contribution in [-0.2, 0) is 10.0 Å². The molecule has 1 aliphatic carbocycles. The van der Waals surface area contributed by atoms with Crippen molar-refractivity contribution in [2.45, 2.75) is 71.3 Å². The van der Waals surface area contributed by atoms with Crippen LogP contribution in [0.5, 0.6) is 0 Å². The van der Waals surface area contributed by atoms with E-state index in [0.29, 0.717) is 19.0 Å². The van der Waals surface area contributed by atoms with Gasteiger partial charge in [-0.05, 0) is 25.2 Å². The number of nitrogens with two attached hydrogens (primary N) is 1. The number of rotatable bonds is 7. The molecule has 20 heavy (non-hydrogen) atoms. The van der Waals surface area contributed by atoms with Crippen LogP contribution in [0.4, 0.5) is 0 Å². The predicted octanol–water partition coefficient (Wildman–Crippen LogP) is 2.74. The van der Waals surface area contributed by atoms with Crippen molar-refractivity contribution in [1.82, 2.24) is 4.31 Å². The van der Waals surface area contributed by atoms with E-state index in [4.69, 9.17) is 5.73 Å². The molecule has 120 valence electrons. The fourth-order valence-electron chi connectivity index (χ4n) is 3.26.